The molecule has 0 aliphatic heterocycles. The van der Waals surface area contributed by atoms with E-state index >= 15 is 0 Å². The van der Waals surface area contributed by atoms with Crippen molar-refractivity contribution in [3.8, 4) is 5.75 Å². The van der Waals surface area contributed by atoms with Crippen molar-refractivity contribution in [1.82, 2.24) is 5.43 Å². The van der Waals surface area contributed by atoms with Gasteiger partial charge in [-0.3, -0.25) is 4.79 Å². The Morgan fingerprint density at radius 3 is 2.24 bits per heavy atom. The van der Waals surface area contributed by atoms with Crippen LogP contribution in [0.5, 0.6) is 5.75 Å². The number of carbonyl (C=O) groups excluding carboxylic acids is 1. The van der Waals surface area contributed by atoms with Crippen LogP contribution < -0.4 is 10.2 Å². The van der Waals surface area contributed by atoms with E-state index in [0.717, 1.165) is 9.13 Å². The van der Waals surface area contributed by atoms with Gasteiger partial charge < -0.3 is 4.74 Å². The zero-order valence-electron chi connectivity index (χ0n) is 14.8. The number of hydrogen-bond donors (Lipinski definition) is 1. The van der Waals surface area contributed by atoms with Gasteiger partial charge in [-0.05, 0) is 82.2 Å². The summed E-state index contributed by atoms with van der Waals surface area (Å²) in [4.78, 5) is 12.0. The summed E-state index contributed by atoms with van der Waals surface area (Å²) in [6.07, 6.45) is 1.45. The summed E-state index contributed by atoms with van der Waals surface area (Å²) in [5, 5.41) is 5.20. The second kappa shape index (κ2) is 10.3. The molecule has 0 saturated carbocycles. The fourth-order valence-electron chi connectivity index (χ4n) is 2.36. The molecule has 0 bridgehead atoms. The average molecular weight is 560 g/mol. The minimum Gasteiger partial charge on any atom is -0.486 e. The molecular weight excluding hydrogens is 546 g/mol. The summed E-state index contributed by atoms with van der Waals surface area (Å²) in [7, 11) is 0. The van der Waals surface area contributed by atoms with Crippen molar-refractivity contribution in [2.45, 2.75) is 6.61 Å². The van der Waals surface area contributed by atoms with Crippen LogP contribution in [-0.2, 0) is 6.61 Å². The van der Waals surface area contributed by atoms with Crippen LogP contribution in [0.15, 0.2) is 65.8 Å². The van der Waals surface area contributed by atoms with Crippen molar-refractivity contribution < 1.29 is 9.53 Å². The smallest absolute Gasteiger partial charge is 0.271 e. The zero-order chi connectivity index (χ0) is 20.8. The van der Waals surface area contributed by atoms with Crippen LogP contribution in [0, 0.1) is 3.57 Å². The summed E-state index contributed by atoms with van der Waals surface area (Å²) >= 11 is 20.7. The van der Waals surface area contributed by atoms with Gasteiger partial charge in [0.15, 0.2) is 5.75 Å². The monoisotopic (exact) mass is 558 g/mol. The Labute approximate surface area is 197 Å². The number of carbonyl (C=O) groups is 1. The maximum atomic E-state index is 12.0. The van der Waals surface area contributed by atoms with Crippen molar-refractivity contribution in [2.75, 3.05) is 0 Å². The number of rotatable bonds is 6. The van der Waals surface area contributed by atoms with Crippen LogP contribution in [-0.4, -0.2) is 12.1 Å². The van der Waals surface area contributed by atoms with Crippen molar-refractivity contribution in [1.29, 1.82) is 0 Å². The lowest BCUT2D eigenvalue weighted by molar-refractivity contribution is 0.0955. The van der Waals surface area contributed by atoms with Crippen molar-refractivity contribution in [3.63, 3.8) is 0 Å². The second-order valence-electron chi connectivity index (χ2n) is 5.93. The molecule has 0 saturated heterocycles. The molecular formula is C21H14Cl3IN2O2. The van der Waals surface area contributed by atoms with E-state index in [1.165, 1.54) is 6.21 Å². The van der Waals surface area contributed by atoms with E-state index in [0.29, 0.717) is 38.6 Å². The van der Waals surface area contributed by atoms with Crippen LogP contribution in [0.4, 0.5) is 0 Å². The third-order valence-corrected chi connectivity index (χ3v) is 5.34. The van der Waals surface area contributed by atoms with Gasteiger partial charge in [-0.15, -0.1) is 0 Å². The van der Waals surface area contributed by atoms with Gasteiger partial charge in [-0.25, -0.2) is 5.43 Å². The maximum absolute atomic E-state index is 12.0. The zero-order valence-corrected chi connectivity index (χ0v) is 19.3. The first kappa shape index (κ1) is 21.9. The Morgan fingerprint density at radius 2 is 1.62 bits per heavy atom. The normalized spacial score (nSPS) is 10.9. The van der Waals surface area contributed by atoms with Gasteiger partial charge in [-0.1, -0.05) is 46.9 Å². The maximum Gasteiger partial charge on any atom is 0.271 e. The lowest BCUT2D eigenvalue weighted by Gasteiger charge is -2.11. The lowest BCUT2D eigenvalue weighted by Crippen LogP contribution is -2.17. The molecule has 0 aromatic heterocycles. The largest absolute Gasteiger partial charge is 0.486 e. The molecule has 0 radical (unpaired) electrons. The average Bonchev–Trinajstić information content (AvgIpc) is 2.69. The van der Waals surface area contributed by atoms with Gasteiger partial charge in [0.2, 0.25) is 0 Å². The molecule has 0 aliphatic rings. The van der Waals surface area contributed by atoms with Crippen LogP contribution in [0.3, 0.4) is 0 Å². The first-order valence-corrected chi connectivity index (χ1v) is 10.6. The molecule has 0 spiro atoms. The highest BCUT2D eigenvalue weighted by Crippen LogP contribution is 2.34. The van der Waals surface area contributed by atoms with E-state index in [1.807, 2.05) is 24.3 Å². The van der Waals surface area contributed by atoms with Crippen molar-refractivity contribution in [3.05, 3.63) is 96.0 Å². The number of nitrogens with zero attached hydrogens (tertiary/aromatic N) is 1. The third-order valence-electron chi connectivity index (χ3n) is 3.80. The lowest BCUT2D eigenvalue weighted by atomic mass is 10.2. The minimum absolute atomic E-state index is 0.348. The Hall–Kier alpha value is -1.80. The molecule has 29 heavy (non-hydrogen) atoms. The first-order valence-electron chi connectivity index (χ1n) is 8.37. The number of ether oxygens (including phenoxy) is 1. The number of amides is 1. The number of benzene rings is 3. The van der Waals surface area contributed by atoms with E-state index in [1.54, 1.807) is 36.4 Å². The molecule has 3 rings (SSSR count). The summed E-state index contributed by atoms with van der Waals surface area (Å²) in [5.41, 5.74) is 4.52. The van der Waals surface area contributed by atoms with Gasteiger partial charge in [0.05, 0.1) is 16.3 Å². The highest BCUT2D eigenvalue weighted by molar-refractivity contribution is 14.1. The Morgan fingerprint density at radius 1 is 1.00 bits per heavy atom. The van der Waals surface area contributed by atoms with E-state index in [9.17, 15) is 4.79 Å². The highest BCUT2D eigenvalue weighted by atomic mass is 127. The first-order chi connectivity index (χ1) is 13.9. The van der Waals surface area contributed by atoms with E-state index in [2.05, 4.69) is 33.1 Å². The molecule has 148 valence electrons. The van der Waals surface area contributed by atoms with Gasteiger partial charge >= 0.3 is 0 Å². The number of hydrogen-bond acceptors (Lipinski definition) is 3. The molecule has 1 amide bonds. The minimum atomic E-state index is -0.354. The predicted octanol–water partition coefficient (Wildman–Crippen LogP) is 6.59. The summed E-state index contributed by atoms with van der Waals surface area (Å²) in [6.45, 7) is 0.348. The topological polar surface area (TPSA) is 50.7 Å². The van der Waals surface area contributed by atoms with E-state index < -0.39 is 0 Å². The van der Waals surface area contributed by atoms with Crippen molar-refractivity contribution >= 4 is 69.5 Å². The summed E-state index contributed by atoms with van der Waals surface area (Å²) in [6, 6.07) is 17.8. The van der Waals surface area contributed by atoms with Crippen LogP contribution >= 0.6 is 57.4 Å². The second-order valence-corrected chi connectivity index (χ2v) is 8.43. The summed E-state index contributed by atoms with van der Waals surface area (Å²) < 4.78 is 6.91. The number of nitrogens with one attached hydrogen (secondary N) is 1. The Kier molecular flexibility index (Phi) is 7.77. The Bertz CT molecular complexity index is 1020. The quantitative estimate of drug-likeness (QED) is 0.210. The number of hydrazone groups is 1. The highest BCUT2D eigenvalue weighted by Gasteiger charge is 2.10. The molecule has 0 aliphatic carbocycles. The van der Waals surface area contributed by atoms with Crippen LogP contribution in [0.25, 0.3) is 0 Å². The van der Waals surface area contributed by atoms with Gasteiger partial charge in [0.25, 0.3) is 5.91 Å². The predicted molar refractivity (Wildman–Crippen MR) is 126 cm³/mol. The van der Waals surface area contributed by atoms with Gasteiger partial charge in [0.1, 0.15) is 6.61 Å². The van der Waals surface area contributed by atoms with E-state index in [-0.39, 0.29) is 5.91 Å². The SMILES string of the molecule is O=C(N/N=C\c1cc(Cl)c(OCc2ccc(I)cc2)c(Cl)c1)c1ccc(Cl)cc1. The molecule has 8 heteroatoms. The molecule has 0 fully saturated rings. The third kappa shape index (κ3) is 6.34. The van der Waals surface area contributed by atoms with Gasteiger partial charge in [-0.2, -0.15) is 5.10 Å². The fraction of sp³-hybridized carbons (Fsp3) is 0.0476. The van der Waals surface area contributed by atoms with Crippen LogP contribution in [0.2, 0.25) is 15.1 Å². The molecule has 1 N–H and O–H groups in total. The molecule has 0 atom stereocenters. The fourth-order valence-corrected chi connectivity index (χ4v) is 3.46. The number of halogens is 4. The molecule has 4 nitrogen and oxygen atoms in total. The van der Waals surface area contributed by atoms with Gasteiger partial charge in [0, 0.05) is 14.2 Å². The standard InChI is InChI=1S/C21H14Cl3IN2O2/c22-16-5-3-15(4-6-16)21(28)27-26-11-14-9-18(23)20(19(24)10-14)29-12-13-1-7-17(25)8-2-13/h1-11H,12H2,(H,27,28)/b26-11-. The molecule has 3 aromatic carbocycles. The molecule has 3 aromatic rings. The summed E-state index contributed by atoms with van der Waals surface area (Å²) in [5.74, 6) is 0.0434. The molecule has 0 unspecified atom stereocenters. The van der Waals surface area contributed by atoms with E-state index in [4.69, 9.17) is 39.5 Å². The van der Waals surface area contributed by atoms with Crippen LogP contribution in [0.1, 0.15) is 21.5 Å². The Balaban J connectivity index is 1.63. The molecule has 0 heterocycles. The van der Waals surface area contributed by atoms with Crippen molar-refractivity contribution in [2.24, 2.45) is 5.10 Å².